The van der Waals surface area contributed by atoms with Crippen LogP contribution in [0.25, 0.3) is 0 Å². The lowest BCUT2D eigenvalue weighted by Crippen LogP contribution is -2.20. The first-order chi connectivity index (χ1) is 11.5. The fourth-order valence-corrected chi connectivity index (χ4v) is 2.07. The van der Waals surface area contributed by atoms with E-state index in [9.17, 15) is 9.59 Å². The summed E-state index contributed by atoms with van der Waals surface area (Å²) >= 11 is 0. The zero-order chi connectivity index (χ0) is 17.5. The summed E-state index contributed by atoms with van der Waals surface area (Å²) < 4.78 is 0. The maximum atomic E-state index is 12.0. The van der Waals surface area contributed by atoms with Crippen LogP contribution in [0.1, 0.15) is 37.6 Å². The Bertz CT molecular complexity index is 716. The SMILES string of the molecule is CCC(C)c1ncc(NC(=O)Nc2cccc(CC(=O)O)c2)cn1. The minimum atomic E-state index is -0.921. The Balaban J connectivity index is 1.97. The highest BCUT2D eigenvalue weighted by Crippen LogP contribution is 2.15. The molecule has 1 aromatic carbocycles. The fraction of sp³-hybridized carbons (Fsp3) is 0.294. The van der Waals surface area contributed by atoms with Crippen molar-refractivity contribution in [2.45, 2.75) is 32.6 Å². The van der Waals surface area contributed by atoms with Crippen molar-refractivity contribution in [1.29, 1.82) is 0 Å². The molecule has 1 aromatic heterocycles. The molecule has 0 spiro atoms. The summed E-state index contributed by atoms with van der Waals surface area (Å²) in [6.07, 6.45) is 3.98. The minimum absolute atomic E-state index is 0.0952. The average Bonchev–Trinajstić information content (AvgIpc) is 2.54. The van der Waals surface area contributed by atoms with Crippen LogP contribution < -0.4 is 10.6 Å². The number of benzene rings is 1. The fourth-order valence-electron chi connectivity index (χ4n) is 2.07. The van der Waals surface area contributed by atoms with E-state index >= 15 is 0 Å². The second-order valence-corrected chi connectivity index (χ2v) is 5.49. The molecule has 24 heavy (non-hydrogen) atoms. The second-order valence-electron chi connectivity index (χ2n) is 5.49. The molecular formula is C17H20N4O3. The van der Waals surface area contributed by atoms with E-state index in [4.69, 9.17) is 5.11 Å². The van der Waals surface area contributed by atoms with Gasteiger partial charge in [0.05, 0.1) is 24.5 Å². The lowest BCUT2D eigenvalue weighted by Gasteiger charge is -2.10. The van der Waals surface area contributed by atoms with Crippen LogP contribution in [-0.4, -0.2) is 27.1 Å². The van der Waals surface area contributed by atoms with E-state index < -0.39 is 12.0 Å². The first kappa shape index (κ1) is 17.4. The van der Waals surface area contributed by atoms with Gasteiger partial charge in [0.25, 0.3) is 0 Å². The van der Waals surface area contributed by atoms with Crippen molar-refractivity contribution in [3.05, 3.63) is 48.0 Å². The number of carboxylic acid groups (broad SMARTS) is 1. The van der Waals surface area contributed by atoms with Gasteiger partial charge in [-0.2, -0.15) is 0 Å². The number of aliphatic carboxylic acids is 1. The van der Waals surface area contributed by atoms with Crippen LogP contribution >= 0.6 is 0 Å². The summed E-state index contributed by atoms with van der Waals surface area (Å²) in [4.78, 5) is 31.2. The van der Waals surface area contributed by atoms with Gasteiger partial charge < -0.3 is 15.7 Å². The van der Waals surface area contributed by atoms with Crippen molar-refractivity contribution in [2.24, 2.45) is 0 Å². The Labute approximate surface area is 140 Å². The highest BCUT2D eigenvalue weighted by Gasteiger charge is 2.08. The van der Waals surface area contributed by atoms with Crippen LogP contribution in [0.2, 0.25) is 0 Å². The van der Waals surface area contributed by atoms with Gasteiger partial charge in [0.15, 0.2) is 0 Å². The second kappa shape index (κ2) is 8.05. The zero-order valence-corrected chi connectivity index (χ0v) is 13.6. The summed E-state index contributed by atoms with van der Waals surface area (Å²) in [6, 6.07) is 6.25. The lowest BCUT2D eigenvalue weighted by atomic mass is 10.1. The number of urea groups is 1. The molecule has 7 heteroatoms. The van der Waals surface area contributed by atoms with Gasteiger partial charge in [0, 0.05) is 11.6 Å². The highest BCUT2D eigenvalue weighted by molar-refractivity contribution is 5.99. The maximum absolute atomic E-state index is 12.0. The Hall–Kier alpha value is -2.96. The number of rotatable bonds is 6. The summed E-state index contributed by atoms with van der Waals surface area (Å²) in [6.45, 7) is 4.10. The molecule has 1 unspecified atom stereocenters. The number of carbonyl (C=O) groups excluding carboxylic acids is 1. The quantitative estimate of drug-likeness (QED) is 0.755. The number of nitrogens with one attached hydrogen (secondary N) is 2. The molecule has 7 nitrogen and oxygen atoms in total. The van der Waals surface area contributed by atoms with Crippen molar-refractivity contribution >= 4 is 23.4 Å². The Morgan fingerprint density at radius 3 is 2.46 bits per heavy atom. The molecule has 3 N–H and O–H groups in total. The normalized spacial score (nSPS) is 11.6. The predicted octanol–water partition coefficient (Wildman–Crippen LogP) is 3.26. The van der Waals surface area contributed by atoms with Gasteiger partial charge in [0.2, 0.25) is 0 Å². The summed E-state index contributed by atoms with van der Waals surface area (Å²) in [5.41, 5.74) is 1.62. The summed E-state index contributed by atoms with van der Waals surface area (Å²) in [5, 5.41) is 14.1. The number of aromatic nitrogens is 2. The van der Waals surface area contributed by atoms with Crippen LogP contribution in [0.5, 0.6) is 0 Å². The molecule has 0 saturated carbocycles. The molecule has 0 bridgehead atoms. The van der Waals surface area contributed by atoms with Gasteiger partial charge >= 0.3 is 12.0 Å². The van der Waals surface area contributed by atoms with Gasteiger partial charge in [-0.3, -0.25) is 4.79 Å². The van der Waals surface area contributed by atoms with Crippen LogP contribution in [0.3, 0.4) is 0 Å². The third kappa shape index (κ3) is 5.05. The molecule has 0 aliphatic carbocycles. The summed E-state index contributed by atoms with van der Waals surface area (Å²) in [7, 11) is 0. The Morgan fingerprint density at radius 2 is 1.83 bits per heavy atom. The zero-order valence-electron chi connectivity index (χ0n) is 13.6. The number of anilines is 2. The molecule has 2 amide bonds. The molecule has 1 atom stereocenters. The van der Waals surface area contributed by atoms with Gasteiger partial charge in [-0.15, -0.1) is 0 Å². The number of carboxylic acids is 1. The van der Waals surface area contributed by atoms with Crippen LogP contribution in [-0.2, 0) is 11.2 Å². The van der Waals surface area contributed by atoms with Gasteiger partial charge in [-0.05, 0) is 24.1 Å². The van der Waals surface area contributed by atoms with Crippen molar-refractivity contribution < 1.29 is 14.7 Å². The van der Waals surface area contributed by atoms with E-state index in [-0.39, 0.29) is 12.3 Å². The third-order valence-corrected chi connectivity index (χ3v) is 3.52. The predicted molar refractivity (Wildman–Crippen MR) is 91.2 cm³/mol. The first-order valence-electron chi connectivity index (χ1n) is 7.68. The van der Waals surface area contributed by atoms with E-state index in [0.29, 0.717) is 16.9 Å². The first-order valence-corrected chi connectivity index (χ1v) is 7.68. The number of amides is 2. The number of hydrogen-bond acceptors (Lipinski definition) is 4. The van der Waals surface area contributed by atoms with Gasteiger partial charge in [-0.25, -0.2) is 14.8 Å². The van der Waals surface area contributed by atoms with Crippen LogP contribution in [0, 0.1) is 0 Å². The van der Waals surface area contributed by atoms with Gasteiger partial charge in [-0.1, -0.05) is 26.0 Å². The van der Waals surface area contributed by atoms with E-state index in [1.807, 2.05) is 6.92 Å². The monoisotopic (exact) mass is 328 g/mol. The third-order valence-electron chi connectivity index (χ3n) is 3.52. The van der Waals surface area contributed by atoms with E-state index in [2.05, 4.69) is 27.5 Å². The minimum Gasteiger partial charge on any atom is -0.481 e. The maximum Gasteiger partial charge on any atom is 0.323 e. The molecule has 0 aliphatic rings. The van der Waals surface area contributed by atoms with E-state index in [1.165, 1.54) is 0 Å². The molecular weight excluding hydrogens is 308 g/mol. The molecule has 0 radical (unpaired) electrons. The van der Waals surface area contributed by atoms with Crippen molar-refractivity contribution in [1.82, 2.24) is 9.97 Å². The molecule has 0 aliphatic heterocycles. The van der Waals surface area contributed by atoms with Gasteiger partial charge in [0.1, 0.15) is 5.82 Å². The molecule has 126 valence electrons. The van der Waals surface area contributed by atoms with Crippen molar-refractivity contribution in [3.8, 4) is 0 Å². The number of hydrogen-bond donors (Lipinski definition) is 3. The topological polar surface area (TPSA) is 104 Å². The summed E-state index contributed by atoms with van der Waals surface area (Å²) in [5.74, 6) is 0.0878. The molecule has 1 heterocycles. The molecule has 0 fully saturated rings. The Kier molecular flexibility index (Phi) is 5.83. The molecule has 0 saturated heterocycles. The molecule has 2 aromatic rings. The largest absolute Gasteiger partial charge is 0.481 e. The Morgan fingerprint density at radius 1 is 1.17 bits per heavy atom. The smallest absolute Gasteiger partial charge is 0.323 e. The van der Waals surface area contributed by atoms with Crippen LogP contribution in [0.4, 0.5) is 16.2 Å². The average molecular weight is 328 g/mol. The number of carbonyl (C=O) groups is 2. The highest BCUT2D eigenvalue weighted by atomic mass is 16.4. The molecule has 2 rings (SSSR count). The standard InChI is InChI=1S/C17H20N4O3/c1-3-11(2)16-18-9-14(10-19-16)21-17(24)20-13-6-4-5-12(7-13)8-15(22)23/h4-7,9-11H,3,8H2,1-2H3,(H,22,23)(H2,20,21,24). The van der Waals surface area contributed by atoms with E-state index in [1.54, 1.807) is 36.7 Å². The van der Waals surface area contributed by atoms with Crippen LogP contribution in [0.15, 0.2) is 36.7 Å². The van der Waals surface area contributed by atoms with Crippen molar-refractivity contribution in [3.63, 3.8) is 0 Å². The van der Waals surface area contributed by atoms with Crippen molar-refractivity contribution in [2.75, 3.05) is 10.6 Å². The van der Waals surface area contributed by atoms with E-state index in [0.717, 1.165) is 12.2 Å². The lowest BCUT2D eigenvalue weighted by molar-refractivity contribution is -0.136. The number of nitrogens with zero attached hydrogens (tertiary/aromatic N) is 2.